The van der Waals surface area contributed by atoms with Gasteiger partial charge in [-0.1, -0.05) is 23.7 Å². The van der Waals surface area contributed by atoms with Crippen LogP contribution in [-0.4, -0.2) is 30.1 Å². The molecule has 10 heteroatoms. The molecule has 4 amide bonds. The molecule has 0 unspecified atom stereocenters. The number of phenolic OH excluding ortho intramolecular Hbond substituents is 1. The Morgan fingerprint density at radius 2 is 2.00 bits per heavy atom. The van der Waals surface area contributed by atoms with Gasteiger partial charge in [-0.25, -0.2) is 9.69 Å². The van der Waals surface area contributed by atoms with Crippen LogP contribution in [0.2, 0.25) is 5.02 Å². The first-order valence-electron chi connectivity index (χ1n) is 8.00. The van der Waals surface area contributed by atoms with Crippen molar-refractivity contribution in [2.24, 2.45) is 0 Å². The second-order valence-corrected chi connectivity index (χ2v) is 6.91. The van der Waals surface area contributed by atoms with Crippen molar-refractivity contribution in [3.8, 4) is 16.9 Å². The molecule has 146 valence electrons. The first kappa shape index (κ1) is 20.3. The van der Waals surface area contributed by atoms with E-state index in [4.69, 9.17) is 21.6 Å². The molecule has 0 radical (unpaired) electrons. The lowest BCUT2D eigenvalue weighted by molar-refractivity contribution is -0.122. The molecule has 0 aliphatic carbocycles. The lowest BCUT2D eigenvalue weighted by Crippen LogP contribution is -2.54. The number of thioether (sulfide) groups is 1. The lowest BCUT2D eigenvalue weighted by atomic mass is 10.1. The van der Waals surface area contributed by atoms with E-state index in [-0.39, 0.29) is 32.7 Å². The summed E-state index contributed by atoms with van der Waals surface area (Å²) in [6, 6.07) is 8.09. The zero-order chi connectivity index (χ0) is 21.1. The summed E-state index contributed by atoms with van der Waals surface area (Å²) >= 11 is 6.78. The highest BCUT2D eigenvalue weighted by molar-refractivity contribution is 8.03. The van der Waals surface area contributed by atoms with E-state index in [1.807, 2.05) is 5.40 Å². The molecule has 0 aromatic heterocycles. The van der Waals surface area contributed by atoms with Crippen molar-refractivity contribution in [2.45, 2.75) is 4.90 Å². The van der Waals surface area contributed by atoms with Gasteiger partial charge in [0, 0.05) is 0 Å². The standard InChI is InChI=1S/C19H12ClN3O5S/c1-28-14-7-10(8-15(16(14)24)29-9-21)6-11-17(25)22-19(27)23(18(11)26)13-5-3-2-4-12(13)20/h2-8,24H,1H3,(H,22,25,27)/b11-6-. The number of nitrogens with one attached hydrogen (secondary N) is 1. The number of methoxy groups -OCH3 is 1. The number of anilines is 1. The molecule has 0 atom stereocenters. The fourth-order valence-corrected chi connectivity index (χ4v) is 3.36. The van der Waals surface area contributed by atoms with E-state index in [9.17, 15) is 19.5 Å². The van der Waals surface area contributed by atoms with Gasteiger partial charge in [0.15, 0.2) is 11.5 Å². The van der Waals surface area contributed by atoms with E-state index in [1.165, 1.54) is 37.5 Å². The summed E-state index contributed by atoms with van der Waals surface area (Å²) in [7, 11) is 1.32. The predicted octanol–water partition coefficient (Wildman–Crippen LogP) is 3.29. The molecule has 29 heavy (non-hydrogen) atoms. The number of barbiturate groups is 1. The van der Waals surface area contributed by atoms with Crippen LogP contribution in [0.3, 0.4) is 0 Å². The van der Waals surface area contributed by atoms with Crippen molar-refractivity contribution in [3.05, 3.63) is 52.6 Å². The number of carbonyl (C=O) groups excluding carboxylic acids is 3. The van der Waals surface area contributed by atoms with Crippen LogP contribution in [0, 0.1) is 10.7 Å². The minimum Gasteiger partial charge on any atom is -0.503 e. The van der Waals surface area contributed by atoms with Gasteiger partial charge in [0.1, 0.15) is 11.0 Å². The average molecular weight is 430 g/mol. The van der Waals surface area contributed by atoms with E-state index in [2.05, 4.69) is 5.32 Å². The fourth-order valence-electron chi connectivity index (χ4n) is 2.64. The largest absolute Gasteiger partial charge is 0.503 e. The van der Waals surface area contributed by atoms with Crippen molar-refractivity contribution in [3.63, 3.8) is 0 Å². The van der Waals surface area contributed by atoms with Crippen molar-refractivity contribution in [2.75, 3.05) is 12.0 Å². The van der Waals surface area contributed by atoms with Gasteiger partial charge >= 0.3 is 6.03 Å². The minimum atomic E-state index is -0.922. The highest BCUT2D eigenvalue weighted by Crippen LogP contribution is 2.38. The summed E-state index contributed by atoms with van der Waals surface area (Å²) in [4.78, 5) is 38.4. The number of phenols is 1. The van der Waals surface area contributed by atoms with Gasteiger partial charge in [0.25, 0.3) is 11.8 Å². The SMILES string of the molecule is COc1cc(/C=C2/C(=O)NC(=O)N(c3ccccc3Cl)C2=O)cc(SC#N)c1O. The third-order valence-corrected chi connectivity index (χ3v) is 4.89. The molecule has 0 bridgehead atoms. The molecule has 0 spiro atoms. The number of urea groups is 1. The number of carbonyl (C=O) groups is 3. The van der Waals surface area contributed by atoms with Crippen molar-refractivity contribution < 1.29 is 24.2 Å². The maximum Gasteiger partial charge on any atom is 0.335 e. The Bertz CT molecular complexity index is 1110. The molecule has 3 rings (SSSR count). The summed E-state index contributed by atoms with van der Waals surface area (Å²) < 4.78 is 5.07. The Hall–Kier alpha value is -3.48. The Morgan fingerprint density at radius 3 is 2.66 bits per heavy atom. The highest BCUT2D eigenvalue weighted by Gasteiger charge is 2.37. The molecule has 1 fully saturated rings. The van der Waals surface area contributed by atoms with Gasteiger partial charge in [-0.3, -0.25) is 14.9 Å². The minimum absolute atomic E-state index is 0.0554. The second kappa shape index (κ2) is 8.26. The zero-order valence-electron chi connectivity index (χ0n) is 14.8. The fraction of sp³-hybridized carbons (Fsp3) is 0.0526. The molecular weight excluding hydrogens is 418 g/mol. The van der Waals surface area contributed by atoms with Gasteiger partial charge in [0.2, 0.25) is 0 Å². The monoisotopic (exact) mass is 429 g/mol. The van der Waals surface area contributed by atoms with Crippen molar-refractivity contribution in [1.29, 1.82) is 5.26 Å². The Balaban J connectivity index is 2.09. The number of rotatable bonds is 4. The lowest BCUT2D eigenvalue weighted by Gasteiger charge is -2.27. The number of benzene rings is 2. The number of halogens is 1. The van der Waals surface area contributed by atoms with E-state index >= 15 is 0 Å². The number of nitriles is 1. The number of aromatic hydroxyl groups is 1. The smallest absolute Gasteiger partial charge is 0.335 e. The molecule has 0 saturated carbocycles. The zero-order valence-corrected chi connectivity index (χ0v) is 16.4. The van der Waals surface area contributed by atoms with Gasteiger partial charge < -0.3 is 9.84 Å². The van der Waals surface area contributed by atoms with Gasteiger partial charge in [0.05, 0.1) is 22.7 Å². The van der Waals surface area contributed by atoms with Crippen LogP contribution >= 0.6 is 23.4 Å². The maximum atomic E-state index is 12.9. The highest BCUT2D eigenvalue weighted by atomic mass is 35.5. The summed E-state index contributed by atoms with van der Waals surface area (Å²) in [6.45, 7) is 0. The second-order valence-electron chi connectivity index (χ2n) is 5.67. The molecule has 2 aromatic carbocycles. The number of ether oxygens (including phenoxy) is 1. The normalized spacial score (nSPS) is 15.3. The van der Waals surface area contributed by atoms with Crippen LogP contribution in [0.1, 0.15) is 5.56 Å². The number of amides is 4. The van der Waals surface area contributed by atoms with Crippen LogP contribution in [0.4, 0.5) is 10.5 Å². The third-order valence-electron chi connectivity index (χ3n) is 3.94. The molecular formula is C19H12ClN3O5S. The van der Waals surface area contributed by atoms with Crippen LogP contribution in [0.5, 0.6) is 11.5 Å². The number of para-hydroxylation sites is 1. The van der Waals surface area contributed by atoms with Crippen LogP contribution in [0.25, 0.3) is 6.08 Å². The molecule has 1 saturated heterocycles. The Kier molecular flexibility index (Phi) is 5.77. The average Bonchev–Trinajstić information content (AvgIpc) is 2.68. The summed E-state index contributed by atoms with van der Waals surface area (Å²) in [5.74, 6) is -1.94. The van der Waals surface area contributed by atoms with E-state index in [0.717, 1.165) is 4.90 Å². The summed E-state index contributed by atoms with van der Waals surface area (Å²) in [6.07, 6.45) is 1.23. The number of thiocyanates is 1. The molecule has 1 aliphatic rings. The number of hydrogen-bond donors (Lipinski definition) is 2. The maximum absolute atomic E-state index is 12.9. The van der Waals surface area contributed by atoms with Gasteiger partial charge in [-0.2, -0.15) is 5.26 Å². The van der Waals surface area contributed by atoms with Crippen molar-refractivity contribution in [1.82, 2.24) is 5.32 Å². The Labute approximate surface area is 174 Å². The third kappa shape index (κ3) is 3.89. The first-order chi connectivity index (χ1) is 13.9. The summed E-state index contributed by atoms with van der Waals surface area (Å²) in [5.41, 5.74) is 0.105. The first-order valence-corrected chi connectivity index (χ1v) is 9.19. The number of nitrogens with zero attached hydrogens (tertiary/aromatic N) is 2. The number of imide groups is 2. The van der Waals surface area contributed by atoms with E-state index in [1.54, 1.807) is 12.1 Å². The molecule has 2 N–H and O–H groups in total. The molecule has 1 aliphatic heterocycles. The van der Waals surface area contributed by atoms with E-state index in [0.29, 0.717) is 17.3 Å². The quantitative estimate of drug-likeness (QED) is 0.331. The van der Waals surface area contributed by atoms with E-state index < -0.39 is 17.8 Å². The Morgan fingerprint density at radius 1 is 1.28 bits per heavy atom. The molecule has 2 aromatic rings. The van der Waals surface area contributed by atoms with Crippen LogP contribution in [0.15, 0.2) is 46.9 Å². The topological polar surface area (TPSA) is 120 Å². The molecule has 1 heterocycles. The number of hydrogen-bond acceptors (Lipinski definition) is 7. The van der Waals surface area contributed by atoms with Crippen LogP contribution < -0.4 is 15.0 Å². The predicted molar refractivity (Wildman–Crippen MR) is 107 cm³/mol. The molecule has 8 nitrogen and oxygen atoms in total. The van der Waals surface area contributed by atoms with Gasteiger partial charge in [-0.05, 0) is 47.7 Å². The van der Waals surface area contributed by atoms with Crippen LogP contribution in [-0.2, 0) is 9.59 Å². The van der Waals surface area contributed by atoms with Crippen molar-refractivity contribution >= 4 is 53.0 Å². The van der Waals surface area contributed by atoms with Gasteiger partial charge in [-0.15, -0.1) is 0 Å². The summed E-state index contributed by atoms with van der Waals surface area (Å²) in [5, 5.41) is 23.1.